The highest BCUT2D eigenvalue weighted by atomic mass is 16.5. The van der Waals surface area contributed by atoms with E-state index in [9.17, 15) is 0 Å². The maximum atomic E-state index is 5.09. The summed E-state index contributed by atoms with van der Waals surface area (Å²) >= 11 is 0. The lowest BCUT2D eigenvalue weighted by Crippen LogP contribution is -2.29. The van der Waals surface area contributed by atoms with Crippen LogP contribution in [0.5, 0.6) is 6.01 Å². The lowest BCUT2D eigenvalue weighted by molar-refractivity contribution is 0.315. The van der Waals surface area contributed by atoms with Gasteiger partial charge in [-0.15, -0.1) is 0 Å². The summed E-state index contributed by atoms with van der Waals surface area (Å²) < 4.78 is 5.09. The molecule has 0 amide bonds. The molecular weight excluding hydrogens is 256 g/mol. The monoisotopic (exact) mass is 282 g/mol. The summed E-state index contributed by atoms with van der Waals surface area (Å²) in [5, 5.41) is 6.35. The largest absolute Gasteiger partial charge is 0.467 e. The van der Waals surface area contributed by atoms with Gasteiger partial charge in [-0.25, -0.2) is 0 Å². The maximum absolute atomic E-state index is 5.09. The molecule has 114 valence electrons. The number of likely N-dealkylation sites (N-methyl/N-ethyl adjacent to an activating group) is 1. The summed E-state index contributed by atoms with van der Waals surface area (Å²) in [6.45, 7) is 11.1. The molecule has 0 aromatic carbocycles. The van der Waals surface area contributed by atoms with E-state index in [4.69, 9.17) is 4.74 Å². The van der Waals surface area contributed by atoms with E-state index in [1.165, 1.54) is 0 Å². The third kappa shape index (κ3) is 5.56. The minimum Gasteiger partial charge on any atom is -0.467 e. The average Bonchev–Trinajstić information content (AvgIpc) is 2.49. The fraction of sp³-hybridized carbons (Fsp3) is 0.769. The molecule has 1 aromatic rings. The highest BCUT2D eigenvalue weighted by Gasteiger charge is 2.06. The van der Waals surface area contributed by atoms with Gasteiger partial charge in [-0.2, -0.15) is 15.0 Å². The molecule has 0 saturated heterocycles. The van der Waals surface area contributed by atoms with Crippen LogP contribution >= 0.6 is 0 Å². The topological polar surface area (TPSA) is 75.2 Å². The molecule has 0 saturated carbocycles. The Morgan fingerprint density at radius 1 is 0.950 bits per heavy atom. The highest BCUT2D eigenvalue weighted by molar-refractivity contribution is 5.35. The number of rotatable bonds is 10. The maximum Gasteiger partial charge on any atom is 0.322 e. The Morgan fingerprint density at radius 2 is 1.55 bits per heavy atom. The standard InChI is InChI=1S/C13H26N6O/c1-5-8-14-11-16-12(18-13(17-11)20-4)15-9-10-19(6-2)7-3/h5-10H2,1-4H3,(H2,14,15,16,17,18). The zero-order valence-electron chi connectivity index (χ0n) is 12.9. The van der Waals surface area contributed by atoms with Gasteiger partial charge in [0.25, 0.3) is 0 Å². The predicted octanol–water partition coefficient (Wildman–Crippen LogP) is 1.46. The van der Waals surface area contributed by atoms with E-state index in [0.29, 0.717) is 17.9 Å². The van der Waals surface area contributed by atoms with Crippen LogP contribution in [0.3, 0.4) is 0 Å². The Bertz CT molecular complexity index is 383. The second-order valence-corrected chi connectivity index (χ2v) is 4.35. The zero-order valence-corrected chi connectivity index (χ0v) is 12.9. The number of methoxy groups -OCH3 is 1. The van der Waals surface area contributed by atoms with Crippen molar-refractivity contribution in [2.75, 3.05) is 50.5 Å². The Hall–Kier alpha value is -1.63. The summed E-state index contributed by atoms with van der Waals surface area (Å²) in [6.07, 6.45) is 1.01. The first-order valence-corrected chi connectivity index (χ1v) is 7.23. The Balaban J connectivity index is 2.59. The highest BCUT2D eigenvalue weighted by Crippen LogP contribution is 2.10. The fourth-order valence-electron chi connectivity index (χ4n) is 1.71. The molecule has 0 radical (unpaired) electrons. The molecule has 0 bridgehead atoms. The van der Waals surface area contributed by atoms with Crippen LogP contribution in [0.25, 0.3) is 0 Å². The molecule has 20 heavy (non-hydrogen) atoms. The van der Waals surface area contributed by atoms with Crippen LogP contribution in [0.1, 0.15) is 27.2 Å². The first kappa shape index (κ1) is 16.4. The van der Waals surface area contributed by atoms with Crippen molar-refractivity contribution in [3.63, 3.8) is 0 Å². The van der Waals surface area contributed by atoms with E-state index in [-0.39, 0.29) is 0 Å². The number of aromatic nitrogens is 3. The van der Waals surface area contributed by atoms with Gasteiger partial charge in [0.1, 0.15) is 0 Å². The second-order valence-electron chi connectivity index (χ2n) is 4.35. The lowest BCUT2D eigenvalue weighted by atomic mass is 10.4. The number of hydrogen-bond acceptors (Lipinski definition) is 7. The molecule has 0 aliphatic rings. The number of nitrogens with zero attached hydrogens (tertiary/aromatic N) is 4. The van der Waals surface area contributed by atoms with Crippen LogP contribution in [0.4, 0.5) is 11.9 Å². The van der Waals surface area contributed by atoms with E-state index in [1.54, 1.807) is 7.11 Å². The number of nitrogens with one attached hydrogen (secondary N) is 2. The molecule has 1 aromatic heterocycles. The summed E-state index contributed by atoms with van der Waals surface area (Å²) in [4.78, 5) is 15.0. The summed E-state index contributed by atoms with van der Waals surface area (Å²) in [7, 11) is 1.55. The van der Waals surface area contributed by atoms with Gasteiger partial charge in [-0.05, 0) is 19.5 Å². The van der Waals surface area contributed by atoms with Crippen LogP contribution in [-0.4, -0.2) is 59.7 Å². The van der Waals surface area contributed by atoms with Crippen LogP contribution < -0.4 is 15.4 Å². The van der Waals surface area contributed by atoms with Crippen molar-refractivity contribution in [3.8, 4) is 6.01 Å². The number of ether oxygens (including phenoxy) is 1. The Kier molecular flexibility index (Phi) is 7.64. The minimum absolute atomic E-state index is 0.323. The van der Waals surface area contributed by atoms with E-state index in [1.807, 2.05) is 0 Å². The molecule has 0 aliphatic carbocycles. The molecule has 7 heteroatoms. The van der Waals surface area contributed by atoms with Crippen molar-refractivity contribution in [2.24, 2.45) is 0 Å². The number of hydrogen-bond donors (Lipinski definition) is 2. The quantitative estimate of drug-likeness (QED) is 0.673. The Labute approximate surface area is 121 Å². The van der Waals surface area contributed by atoms with Gasteiger partial charge in [-0.1, -0.05) is 20.8 Å². The summed E-state index contributed by atoms with van der Waals surface area (Å²) in [5.74, 6) is 1.09. The lowest BCUT2D eigenvalue weighted by Gasteiger charge is -2.18. The fourth-order valence-corrected chi connectivity index (χ4v) is 1.71. The minimum atomic E-state index is 0.323. The molecule has 0 aliphatic heterocycles. The second kappa shape index (κ2) is 9.30. The molecule has 0 atom stereocenters. The molecule has 2 N–H and O–H groups in total. The molecule has 0 spiro atoms. The molecule has 1 rings (SSSR count). The van der Waals surface area contributed by atoms with Gasteiger partial charge in [0.15, 0.2) is 0 Å². The van der Waals surface area contributed by atoms with Gasteiger partial charge in [0, 0.05) is 19.6 Å². The van der Waals surface area contributed by atoms with Crippen LogP contribution in [0, 0.1) is 0 Å². The summed E-state index contributed by atoms with van der Waals surface area (Å²) in [6, 6.07) is 0.323. The summed E-state index contributed by atoms with van der Waals surface area (Å²) in [5.41, 5.74) is 0. The van der Waals surface area contributed by atoms with Crippen LogP contribution in [0.15, 0.2) is 0 Å². The molecule has 0 unspecified atom stereocenters. The van der Waals surface area contributed by atoms with Gasteiger partial charge in [0.05, 0.1) is 7.11 Å². The van der Waals surface area contributed by atoms with Gasteiger partial charge in [-0.3, -0.25) is 0 Å². The van der Waals surface area contributed by atoms with Crippen molar-refractivity contribution < 1.29 is 4.74 Å². The predicted molar refractivity (Wildman–Crippen MR) is 81.4 cm³/mol. The third-order valence-corrected chi connectivity index (χ3v) is 2.94. The van der Waals surface area contributed by atoms with Gasteiger partial charge >= 0.3 is 6.01 Å². The third-order valence-electron chi connectivity index (χ3n) is 2.94. The first-order chi connectivity index (χ1) is 9.73. The molecule has 7 nitrogen and oxygen atoms in total. The SMILES string of the molecule is CCCNc1nc(NCCN(CC)CC)nc(OC)n1. The average molecular weight is 282 g/mol. The Morgan fingerprint density at radius 3 is 2.05 bits per heavy atom. The van der Waals surface area contributed by atoms with Crippen LogP contribution in [0.2, 0.25) is 0 Å². The van der Waals surface area contributed by atoms with Crippen molar-refractivity contribution in [1.29, 1.82) is 0 Å². The van der Waals surface area contributed by atoms with E-state index >= 15 is 0 Å². The molecular formula is C13H26N6O. The van der Waals surface area contributed by atoms with Crippen molar-refractivity contribution in [3.05, 3.63) is 0 Å². The normalized spacial score (nSPS) is 10.7. The zero-order chi connectivity index (χ0) is 14.8. The van der Waals surface area contributed by atoms with E-state index in [0.717, 1.165) is 39.1 Å². The smallest absolute Gasteiger partial charge is 0.322 e. The van der Waals surface area contributed by atoms with Crippen LogP contribution in [-0.2, 0) is 0 Å². The van der Waals surface area contributed by atoms with Gasteiger partial charge in [0.2, 0.25) is 11.9 Å². The van der Waals surface area contributed by atoms with Gasteiger partial charge < -0.3 is 20.3 Å². The molecule has 1 heterocycles. The first-order valence-electron chi connectivity index (χ1n) is 7.23. The molecule has 0 fully saturated rings. The van der Waals surface area contributed by atoms with Crippen molar-refractivity contribution in [1.82, 2.24) is 19.9 Å². The van der Waals surface area contributed by atoms with E-state index in [2.05, 4.69) is 51.3 Å². The van der Waals surface area contributed by atoms with Crippen molar-refractivity contribution >= 4 is 11.9 Å². The number of anilines is 2. The van der Waals surface area contributed by atoms with Crippen molar-refractivity contribution in [2.45, 2.75) is 27.2 Å². The van der Waals surface area contributed by atoms with E-state index < -0.39 is 0 Å².